The molecule has 1 atom stereocenters. The lowest BCUT2D eigenvalue weighted by Gasteiger charge is -2.24. The molecule has 1 aromatic rings. The SMILES string of the molecule is C#CCSC1=NC(c2ccc(F)cc2)C(C(=O)O)=C(C)N1. The molecule has 1 aliphatic rings. The molecule has 6 heteroatoms. The van der Waals surface area contributed by atoms with Gasteiger partial charge in [-0.15, -0.1) is 6.42 Å². The number of rotatable bonds is 3. The van der Waals surface area contributed by atoms with Gasteiger partial charge in [0.25, 0.3) is 0 Å². The Labute approximate surface area is 126 Å². The third-order valence-corrected chi connectivity index (χ3v) is 3.72. The average molecular weight is 304 g/mol. The number of hydrogen-bond acceptors (Lipinski definition) is 4. The third kappa shape index (κ3) is 3.44. The normalized spacial score (nSPS) is 17.8. The molecular weight excluding hydrogens is 291 g/mol. The number of amidine groups is 1. The van der Waals surface area contributed by atoms with Crippen LogP contribution < -0.4 is 5.32 Å². The van der Waals surface area contributed by atoms with Crippen LogP contribution in [0.2, 0.25) is 0 Å². The van der Waals surface area contributed by atoms with Crippen molar-refractivity contribution >= 4 is 22.9 Å². The van der Waals surface area contributed by atoms with Gasteiger partial charge in [-0.1, -0.05) is 29.8 Å². The highest BCUT2D eigenvalue weighted by Crippen LogP contribution is 2.32. The van der Waals surface area contributed by atoms with Crippen LogP contribution in [0.5, 0.6) is 0 Å². The van der Waals surface area contributed by atoms with Crippen LogP contribution in [0.1, 0.15) is 18.5 Å². The molecule has 0 aliphatic carbocycles. The van der Waals surface area contributed by atoms with E-state index in [0.717, 1.165) is 0 Å². The summed E-state index contributed by atoms with van der Waals surface area (Å²) >= 11 is 1.32. The minimum absolute atomic E-state index is 0.145. The number of thioether (sulfide) groups is 1. The van der Waals surface area contributed by atoms with Crippen molar-refractivity contribution in [2.24, 2.45) is 4.99 Å². The molecule has 4 nitrogen and oxygen atoms in total. The Morgan fingerprint density at radius 1 is 1.52 bits per heavy atom. The molecule has 2 N–H and O–H groups in total. The standard InChI is InChI=1S/C15H13FN2O2S/c1-3-8-21-15-17-9(2)12(14(19)20)13(18-15)10-4-6-11(16)7-5-10/h1,4-7,13H,8H2,2H3,(H,17,18)(H,19,20). The lowest BCUT2D eigenvalue weighted by Crippen LogP contribution is -2.29. The first kappa shape index (κ1) is 15.1. The molecule has 1 unspecified atom stereocenters. The number of allylic oxidation sites excluding steroid dienone is 1. The van der Waals surface area contributed by atoms with E-state index in [1.165, 1.54) is 36.0 Å². The van der Waals surface area contributed by atoms with Crippen LogP contribution >= 0.6 is 11.8 Å². The molecule has 0 amide bonds. The Bertz CT molecular complexity index is 659. The second-order valence-corrected chi connectivity index (χ2v) is 5.31. The van der Waals surface area contributed by atoms with Gasteiger partial charge < -0.3 is 10.4 Å². The molecule has 0 fully saturated rings. The Hall–Kier alpha value is -2.26. The largest absolute Gasteiger partial charge is 0.478 e. The minimum atomic E-state index is -1.06. The molecule has 0 aromatic heterocycles. The third-order valence-electron chi connectivity index (χ3n) is 2.93. The monoisotopic (exact) mass is 304 g/mol. The van der Waals surface area contributed by atoms with Crippen molar-refractivity contribution in [3.63, 3.8) is 0 Å². The highest BCUT2D eigenvalue weighted by Gasteiger charge is 2.29. The molecule has 21 heavy (non-hydrogen) atoms. The Kier molecular flexibility index (Phi) is 4.66. The summed E-state index contributed by atoms with van der Waals surface area (Å²) in [5, 5.41) is 12.9. The summed E-state index contributed by atoms with van der Waals surface area (Å²) in [6.45, 7) is 1.67. The number of halogens is 1. The van der Waals surface area contributed by atoms with Crippen LogP contribution in [0.3, 0.4) is 0 Å². The number of carbonyl (C=O) groups is 1. The number of hydrogen-bond donors (Lipinski definition) is 2. The summed E-state index contributed by atoms with van der Waals surface area (Å²) in [5.41, 5.74) is 1.27. The second-order valence-electron chi connectivity index (χ2n) is 4.35. The van der Waals surface area contributed by atoms with Crippen molar-refractivity contribution in [2.45, 2.75) is 13.0 Å². The number of nitrogens with one attached hydrogen (secondary N) is 1. The summed E-state index contributed by atoms with van der Waals surface area (Å²) in [4.78, 5) is 15.8. The molecule has 0 saturated carbocycles. The zero-order valence-electron chi connectivity index (χ0n) is 11.3. The molecular formula is C15H13FN2O2S. The van der Waals surface area contributed by atoms with Crippen LogP contribution in [-0.4, -0.2) is 22.0 Å². The number of carboxylic acids is 1. The smallest absolute Gasteiger partial charge is 0.335 e. The van der Waals surface area contributed by atoms with E-state index in [4.69, 9.17) is 6.42 Å². The van der Waals surface area contributed by atoms with Gasteiger partial charge in [-0.05, 0) is 24.6 Å². The van der Waals surface area contributed by atoms with Crippen LogP contribution in [0, 0.1) is 18.2 Å². The number of carboxylic acid groups (broad SMARTS) is 1. The molecule has 1 heterocycles. The quantitative estimate of drug-likeness (QED) is 0.843. The lowest BCUT2D eigenvalue weighted by atomic mass is 9.97. The molecule has 0 bridgehead atoms. The predicted octanol–water partition coefficient (Wildman–Crippen LogP) is 2.55. The summed E-state index contributed by atoms with van der Waals surface area (Å²) in [7, 11) is 0. The lowest BCUT2D eigenvalue weighted by molar-refractivity contribution is -0.133. The van der Waals surface area contributed by atoms with Crippen molar-refractivity contribution < 1.29 is 14.3 Å². The molecule has 2 rings (SSSR count). The molecule has 108 valence electrons. The molecule has 0 radical (unpaired) electrons. The maximum absolute atomic E-state index is 13.0. The van der Waals surface area contributed by atoms with Crippen LogP contribution in [0.4, 0.5) is 4.39 Å². The van der Waals surface area contributed by atoms with Crippen LogP contribution in [0.25, 0.3) is 0 Å². The molecule has 1 aromatic carbocycles. The Morgan fingerprint density at radius 2 is 2.19 bits per heavy atom. The topological polar surface area (TPSA) is 61.7 Å². The van der Waals surface area contributed by atoms with Crippen molar-refractivity contribution in [3.05, 3.63) is 46.9 Å². The first-order valence-electron chi connectivity index (χ1n) is 6.13. The van der Waals surface area contributed by atoms with E-state index in [1.807, 2.05) is 0 Å². The van der Waals surface area contributed by atoms with E-state index in [1.54, 1.807) is 6.92 Å². The van der Waals surface area contributed by atoms with Crippen LogP contribution in [-0.2, 0) is 4.79 Å². The van der Waals surface area contributed by atoms with Gasteiger partial charge in [-0.25, -0.2) is 14.2 Å². The fraction of sp³-hybridized carbons (Fsp3) is 0.200. The van der Waals surface area contributed by atoms with E-state index in [0.29, 0.717) is 22.2 Å². The summed E-state index contributed by atoms with van der Waals surface area (Å²) in [6, 6.07) is 4.97. The zero-order chi connectivity index (χ0) is 15.4. The van der Waals surface area contributed by atoms with E-state index in [-0.39, 0.29) is 11.4 Å². The first-order valence-corrected chi connectivity index (χ1v) is 7.12. The van der Waals surface area contributed by atoms with Crippen molar-refractivity contribution in [3.8, 4) is 12.3 Å². The van der Waals surface area contributed by atoms with Gasteiger partial charge in [-0.2, -0.15) is 0 Å². The fourth-order valence-corrected chi connectivity index (χ4v) is 2.62. The number of aliphatic carboxylic acids is 1. The Morgan fingerprint density at radius 3 is 2.76 bits per heavy atom. The highest BCUT2D eigenvalue weighted by atomic mass is 32.2. The number of benzene rings is 1. The van der Waals surface area contributed by atoms with E-state index < -0.39 is 12.0 Å². The number of aliphatic imine (C=N–C) groups is 1. The Balaban J connectivity index is 2.41. The fourth-order valence-electron chi connectivity index (χ4n) is 1.99. The van der Waals surface area contributed by atoms with Crippen molar-refractivity contribution in [1.29, 1.82) is 0 Å². The van der Waals surface area contributed by atoms with Gasteiger partial charge in [0.05, 0.1) is 11.3 Å². The zero-order valence-corrected chi connectivity index (χ0v) is 12.1. The first-order chi connectivity index (χ1) is 10.0. The maximum atomic E-state index is 13.0. The minimum Gasteiger partial charge on any atom is -0.478 e. The van der Waals surface area contributed by atoms with Gasteiger partial charge >= 0.3 is 5.97 Å². The molecule has 1 aliphatic heterocycles. The summed E-state index contributed by atoms with van der Waals surface area (Å²) in [5.74, 6) is 1.48. The highest BCUT2D eigenvalue weighted by molar-refractivity contribution is 8.14. The second kappa shape index (κ2) is 6.46. The van der Waals surface area contributed by atoms with Crippen LogP contribution in [0.15, 0.2) is 40.5 Å². The van der Waals surface area contributed by atoms with E-state index >= 15 is 0 Å². The summed E-state index contributed by atoms with van der Waals surface area (Å²) < 4.78 is 13.0. The van der Waals surface area contributed by atoms with Gasteiger partial charge in [0.15, 0.2) is 5.17 Å². The predicted molar refractivity (Wildman–Crippen MR) is 81.3 cm³/mol. The summed E-state index contributed by atoms with van der Waals surface area (Å²) in [6.07, 6.45) is 5.22. The van der Waals surface area contributed by atoms with Crippen molar-refractivity contribution in [1.82, 2.24) is 5.32 Å². The van der Waals surface area contributed by atoms with Gasteiger partial charge in [0.2, 0.25) is 0 Å². The van der Waals surface area contributed by atoms with Crippen molar-refractivity contribution in [2.75, 3.05) is 5.75 Å². The number of terminal acetylenes is 1. The van der Waals surface area contributed by atoms with E-state index in [2.05, 4.69) is 16.2 Å². The van der Waals surface area contributed by atoms with Gasteiger partial charge in [0, 0.05) is 5.70 Å². The molecule has 0 saturated heterocycles. The van der Waals surface area contributed by atoms with Gasteiger partial charge in [-0.3, -0.25) is 0 Å². The van der Waals surface area contributed by atoms with E-state index in [9.17, 15) is 14.3 Å². The molecule has 0 spiro atoms. The average Bonchev–Trinajstić information content (AvgIpc) is 2.44. The number of nitrogens with zero attached hydrogens (tertiary/aromatic N) is 1. The maximum Gasteiger partial charge on any atom is 0.335 e. The van der Waals surface area contributed by atoms with Gasteiger partial charge in [0.1, 0.15) is 11.9 Å².